The Morgan fingerprint density at radius 2 is 2.06 bits per heavy atom. The summed E-state index contributed by atoms with van der Waals surface area (Å²) in [6.45, 7) is 1.86. The molecule has 0 atom stereocenters. The summed E-state index contributed by atoms with van der Waals surface area (Å²) >= 11 is 5.67. The minimum atomic E-state index is -4.44. The van der Waals surface area contributed by atoms with Crippen molar-refractivity contribution in [3.05, 3.63) is 34.3 Å². The monoisotopic (exact) mass is 266 g/mol. The summed E-state index contributed by atoms with van der Waals surface area (Å²) < 4.78 is 41.7. The molecule has 2 nitrogen and oxygen atoms in total. The number of ether oxygens (including phenoxy) is 1. The fraction of sp³-hybridized carbons (Fsp3) is 0.364. The highest BCUT2D eigenvalue weighted by Crippen LogP contribution is 2.32. The molecule has 0 bridgehead atoms. The molecule has 0 aromatic heterocycles. The second-order valence-corrected chi connectivity index (χ2v) is 3.69. The zero-order chi connectivity index (χ0) is 13.1. The summed E-state index contributed by atoms with van der Waals surface area (Å²) in [5.74, 6) is -0.519. The van der Waals surface area contributed by atoms with E-state index in [1.54, 1.807) is 6.92 Å². The van der Waals surface area contributed by atoms with E-state index in [9.17, 15) is 18.0 Å². The van der Waals surface area contributed by atoms with Gasteiger partial charge < -0.3 is 4.74 Å². The minimum absolute atomic E-state index is 0.0899. The highest BCUT2D eigenvalue weighted by Gasteiger charge is 2.30. The summed E-state index contributed by atoms with van der Waals surface area (Å²) in [4.78, 5) is 11.1. The third kappa shape index (κ3) is 3.93. The lowest BCUT2D eigenvalue weighted by Gasteiger charge is -2.09. The average molecular weight is 267 g/mol. The van der Waals surface area contributed by atoms with Crippen molar-refractivity contribution in [1.82, 2.24) is 0 Å². The number of esters is 1. The molecule has 0 radical (unpaired) electrons. The standard InChI is InChI=1S/C11H10ClF3O2/c1-2-17-10(16)5-7-3-4-8(6-9(7)12)11(13,14)15/h3-4,6H,2,5H2,1H3. The Morgan fingerprint density at radius 3 is 2.53 bits per heavy atom. The molecule has 6 heteroatoms. The normalized spacial score (nSPS) is 11.4. The first kappa shape index (κ1) is 13.8. The molecule has 0 heterocycles. The van der Waals surface area contributed by atoms with Gasteiger partial charge in [0.25, 0.3) is 0 Å². The van der Waals surface area contributed by atoms with Gasteiger partial charge in [-0.15, -0.1) is 0 Å². The van der Waals surface area contributed by atoms with Crippen molar-refractivity contribution in [2.75, 3.05) is 6.61 Å². The second kappa shape index (κ2) is 5.40. The Morgan fingerprint density at radius 1 is 1.41 bits per heavy atom. The van der Waals surface area contributed by atoms with Gasteiger partial charge in [0.1, 0.15) is 0 Å². The number of alkyl halides is 3. The van der Waals surface area contributed by atoms with E-state index in [2.05, 4.69) is 4.74 Å². The molecule has 94 valence electrons. The molecule has 0 aliphatic carbocycles. The molecule has 0 aliphatic heterocycles. The molecule has 0 unspecified atom stereocenters. The van der Waals surface area contributed by atoms with E-state index in [-0.39, 0.29) is 18.1 Å². The predicted molar refractivity (Wildman–Crippen MR) is 56.8 cm³/mol. The van der Waals surface area contributed by atoms with Crippen molar-refractivity contribution in [3.8, 4) is 0 Å². The number of halogens is 4. The van der Waals surface area contributed by atoms with E-state index in [1.807, 2.05) is 0 Å². The van der Waals surface area contributed by atoms with Crippen molar-refractivity contribution in [1.29, 1.82) is 0 Å². The van der Waals surface area contributed by atoms with Gasteiger partial charge in [0.05, 0.1) is 18.6 Å². The number of hydrogen-bond donors (Lipinski definition) is 0. The molecule has 1 rings (SSSR count). The van der Waals surface area contributed by atoms with Crippen molar-refractivity contribution in [3.63, 3.8) is 0 Å². The Hall–Kier alpha value is -1.23. The largest absolute Gasteiger partial charge is 0.466 e. The van der Waals surface area contributed by atoms with Gasteiger partial charge in [0, 0.05) is 5.02 Å². The highest BCUT2D eigenvalue weighted by atomic mass is 35.5. The van der Waals surface area contributed by atoms with Crippen molar-refractivity contribution in [2.45, 2.75) is 19.5 Å². The van der Waals surface area contributed by atoms with Crippen molar-refractivity contribution >= 4 is 17.6 Å². The summed E-state index contributed by atoms with van der Waals surface area (Å²) in [5.41, 5.74) is -0.520. The van der Waals surface area contributed by atoms with Crippen LogP contribution in [0.1, 0.15) is 18.1 Å². The van der Waals surface area contributed by atoms with Crippen LogP contribution in [0.4, 0.5) is 13.2 Å². The average Bonchev–Trinajstić information content (AvgIpc) is 2.20. The Bertz CT molecular complexity index is 416. The Balaban J connectivity index is 2.87. The van der Waals surface area contributed by atoms with Crippen LogP contribution in [0.5, 0.6) is 0 Å². The molecule has 0 N–H and O–H groups in total. The molecule has 0 saturated heterocycles. The Labute approximate surface area is 101 Å². The van der Waals surface area contributed by atoms with Crippen molar-refractivity contribution < 1.29 is 22.7 Å². The lowest BCUT2D eigenvalue weighted by molar-refractivity contribution is -0.142. The van der Waals surface area contributed by atoms with Crippen LogP contribution in [0.15, 0.2) is 18.2 Å². The molecule has 0 fully saturated rings. The number of benzene rings is 1. The topological polar surface area (TPSA) is 26.3 Å². The van der Waals surface area contributed by atoms with Gasteiger partial charge in [-0.3, -0.25) is 4.79 Å². The Kier molecular flexibility index (Phi) is 4.40. The molecule has 0 aliphatic rings. The van der Waals surface area contributed by atoms with Crippen LogP contribution in [0, 0.1) is 0 Å². The third-order valence-electron chi connectivity index (χ3n) is 2.02. The zero-order valence-electron chi connectivity index (χ0n) is 8.97. The maximum Gasteiger partial charge on any atom is 0.416 e. The molecular formula is C11H10ClF3O2. The van der Waals surface area contributed by atoms with E-state index in [1.165, 1.54) is 6.07 Å². The summed E-state index contributed by atoms with van der Waals surface area (Å²) in [5, 5.41) is -0.0899. The molecule has 1 aromatic carbocycles. The van der Waals surface area contributed by atoms with Crippen molar-refractivity contribution in [2.24, 2.45) is 0 Å². The number of rotatable bonds is 3. The molecule has 0 saturated carbocycles. The first-order chi connectivity index (χ1) is 7.84. The SMILES string of the molecule is CCOC(=O)Cc1ccc(C(F)(F)F)cc1Cl. The first-order valence-electron chi connectivity index (χ1n) is 4.86. The number of carbonyl (C=O) groups is 1. The van der Waals surface area contributed by atoms with Crippen LogP contribution in [0.2, 0.25) is 5.02 Å². The van der Waals surface area contributed by atoms with Gasteiger partial charge in [0.2, 0.25) is 0 Å². The first-order valence-corrected chi connectivity index (χ1v) is 5.23. The fourth-order valence-corrected chi connectivity index (χ4v) is 1.48. The van der Waals surface area contributed by atoms with Crippen LogP contribution in [0.3, 0.4) is 0 Å². The van der Waals surface area contributed by atoms with Gasteiger partial charge in [-0.05, 0) is 24.6 Å². The van der Waals surface area contributed by atoms with E-state index in [0.29, 0.717) is 5.56 Å². The van der Waals surface area contributed by atoms with E-state index < -0.39 is 17.7 Å². The summed E-state index contributed by atoms with van der Waals surface area (Å²) in [7, 11) is 0. The van der Waals surface area contributed by atoms with Crippen LogP contribution in [-0.2, 0) is 22.1 Å². The maximum atomic E-state index is 12.3. The number of hydrogen-bond acceptors (Lipinski definition) is 2. The second-order valence-electron chi connectivity index (χ2n) is 3.29. The van der Waals surface area contributed by atoms with Gasteiger partial charge in [-0.1, -0.05) is 17.7 Å². The van der Waals surface area contributed by atoms with Gasteiger partial charge in [-0.2, -0.15) is 13.2 Å². The summed E-state index contributed by atoms with van der Waals surface area (Å²) in [6.07, 6.45) is -4.57. The third-order valence-corrected chi connectivity index (χ3v) is 2.37. The molecule has 17 heavy (non-hydrogen) atoms. The van der Waals surface area contributed by atoms with Crippen LogP contribution >= 0.6 is 11.6 Å². The van der Waals surface area contributed by atoms with E-state index in [4.69, 9.17) is 11.6 Å². The number of carbonyl (C=O) groups excluding carboxylic acids is 1. The highest BCUT2D eigenvalue weighted by molar-refractivity contribution is 6.31. The van der Waals surface area contributed by atoms with Crippen LogP contribution in [0.25, 0.3) is 0 Å². The minimum Gasteiger partial charge on any atom is -0.466 e. The maximum absolute atomic E-state index is 12.3. The van der Waals surface area contributed by atoms with Gasteiger partial charge in [-0.25, -0.2) is 0 Å². The predicted octanol–water partition coefficient (Wildman–Crippen LogP) is 3.46. The van der Waals surface area contributed by atoms with E-state index >= 15 is 0 Å². The molecular weight excluding hydrogens is 257 g/mol. The zero-order valence-corrected chi connectivity index (χ0v) is 9.73. The lowest BCUT2D eigenvalue weighted by atomic mass is 10.1. The lowest BCUT2D eigenvalue weighted by Crippen LogP contribution is -2.09. The molecule has 0 amide bonds. The van der Waals surface area contributed by atoms with Gasteiger partial charge >= 0.3 is 12.1 Å². The van der Waals surface area contributed by atoms with Crippen LogP contribution < -0.4 is 0 Å². The fourth-order valence-electron chi connectivity index (χ4n) is 1.23. The molecule has 0 spiro atoms. The van der Waals surface area contributed by atoms with Crippen LogP contribution in [-0.4, -0.2) is 12.6 Å². The molecule has 1 aromatic rings. The quantitative estimate of drug-likeness (QED) is 0.783. The summed E-state index contributed by atoms with van der Waals surface area (Å²) in [6, 6.07) is 2.87. The van der Waals surface area contributed by atoms with Gasteiger partial charge in [0.15, 0.2) is 0 Å². The van der Waals surface area contributed by atoms with E-state index in [0.717, 1.165) is 12.1 Å². The smallest absolute Gasteiger partial charge is 0.416 e.